The van der Waals surface area contributed by atoms with Gasteiger partial charge in [0.25, 0.3) is 5.91 Å². The monoisotopic (exact) mass is 297 g/mol. The van der Waals surface area contributed by atoms with Gasteiger partial charge in [0, 0.05) is 23.4 Å². The van der Waals surface area contributed by atoms with E-state index in [-0.39, 0.29) is 17.7 Å². The minimum absolute atomic E-state index is 0.0853. The van der Waals surface area contributed by atoms with Crippen LogP contribution in [-0.2, 0) is 4.79 Å². The van der Waals surface area contributed by atoms with E-state index in [1.807, 2.05) is 26.8 Å². The van der Waals surface area contributed by atoms with Gasteiger partial charge in [0.05, 0.1) is 0 Å². The Morgan fingerprint density at radius 1 is 1.09 bits per heavy atom. The summed E-state index contributed by atoms with van der Waals surface area (Å²) in [6.45, 7) is 5.56. The molecule has 5 nitrogen and oxygen atoms in total. The molecular weight excluding hydrogens is 278 g/mol. The van der Waals surface area contributed by atoms with E-state index in [4.69, 9.17) is 0 Å². The van der Waals surface area contributed by atoms with Crippen molar-refractivity contribution in [1.29, 1.82) is 0 Å². The van der Waals surface area contributed by atoms with Gasteiger partial charge in [-0.25, -0.2) is 4.98 Å². The fraction of sp³-hybridized carbons (Fsp3) is 0.235. The Bertz CT molecular complexity index is 696. The van der Waals surface area contributed by atoms with Gasteiger partial charge in [-0.1, -0.05) is 19.9 Å². The standard InChI is InChI=1S/C17H19N3O2/c1-11(2)16(21)19-14-6-4-5-13(10-14)17(22)20-15-9-12(3)7-8-18-15/h4-11H,1-3H3,(H,19,21)(H,18,20,22). The van der Waals surface area contributed by atoms with E-state index in [0.717, 1.165) is 5.56 Å². The van der Waals surface area contributed by atoms with Gasteiger partial charge < -0.3 is 10.6 Å². The van der Waals surface area contributed by atoms with Crippen molar-refractivity contribution < 1.29 is 9.59 Å². The third-order valence-corrected chi connectivity index (χ3v) is 3.07. The average Bonchev–Trinajstić information content (AvgIpc) is 2.47. The minimum atomic E-state index is -0.265. The zero-order chi connectivity index (χ0) is 16.1. The van der Waals surface area contributed by atoms with Crippen LogP contribution in [0.2, 0.25) is 0 Å². The number of nitrogens with one attached hydrogen (secondary N) is 2. The van der Waals surface area contributed by atoms with E-state index in [2.05, 4.69) is 15.6 Å². The van der Waals surface area contributed by atoms with Gasteiger partial charge in [-0.3, -0.25) is 9.59 Å². The topological polar surface area (TPSA) is 71.1 Å². The fourth-order valence-electron chi connectivity index (χ4n) is 1.82. The Balaban J connectivity index is 2.11. The first-order valence-corrected chi connectivity index (χ1v) is 7.10. The largest absolute Gasteiger partial charge is 0.326 e. The summed E-state index contributed by atoms with van der Waals surface area (Å²) in [4.78, 5) is 28.0. The quantitative estimate of drug-likeness (QED) is 0.910. The number of aryl methyl sites for hydroxylation is 1. The first-order chi connectivity index (χ1) is 10.5. The molecule has 114 valence electrons. The van der Waals surface area contributed by atoms with Crippen LogP contribution in [0.15, 0.2) is 42.6 Å². The second-order valence-corrected chi connectivity index (χ2v) is 5.40. The molecule has 22 heavy (non-hydrogen) atoms. The summed E-state index contributed by atoms with van der Waals surface area (Å²) in [5.41, 5.74) is 2.08. The van der Waals surface area contributed by atoms with E-state index >= 15 is 0 Å². The molecule has 0 aliphatic carbocycles. The summed E-state index contributed by atoms with van der Waals surface area (Å²) < 4.78 is 0. The van der Waals surface area contributed by atoms with Gasteiger partial charge in [-0.05, 0) is 42.8 Å². The second-order valence-electron chi connectivity index (χ2n) is 5.40. The second kappa shape index (κ2) is 6.85. The molecule has 0 aliphatic rings. The summed E-state index contributed by atoms with van der Waals surface area (Å²) in [6, 6.07) is 10.5. The Hall–Kier alpha value is -2.69. The SMILES string of the molecule is Cc1ccnc(NC(=O)c2cccc(NC(=O)C(C)C)c2)c1. The van der Waals surface area contributed by atoms with Crippen molar-refractivity contribution >= 4 is 23.3 Å². The molecule has 1 aromatic heterocycles. The maximum atomic E-state index is 12.2. The number of anilines is 2. The van der Waals surface area contributed by atoms with Gasteiger partial charge in [-0.15, -0.1) is 0 Å². The van der Waals surface area contributed by atoms with Crippen LogP contribution in [0, 0.1) is 12.8 Å². The molecule has 2 N–H and O–H groups in total. The lowest BCUT2D eigenvalue weighted by Gasteiger charge is -2.09. The van der Waals surface area contributed by atoms with Crippen LogP contribution in [0.25, 0.3) is 0 Å². The molecule has 5 heteroatoms. The number of rotatable bonds is 4. The van der Waals surface area contributed by atoms with Crippen molar-refractivity contribution in [2.24, 2.45) is 5.92 Å². The van der Waals surface area contributed by atoms with E-state index < -0.39 is 0 Å². The molecule has 0 saturated heterocycles. The molecule has 2 rings (SSSR count). The number of benzene rings is 1. The van der Waals surface area contributed by atoms with Crippen LogP contribution in [-0.4, -0.2) is 16.8 Å². The van der Waals surface area contributed by atoms with Gasteiger partial charge in [-0.2, -0.15) is 0 Å². The van der Waals surface area contributed by atoms with Gasteiger partial charge in [0.2, 0.25) is 5.91 Å². The maximum absolute atomic E-state index is 12.2. The molecule has 2 amide bonds. The molecule has 0 unspecified atom stereocenters. The molecular formula is C17H19N3O2. The van der Waals surface area contributed by atoms with Crippen LogP contribution in [0.5, 0.6) is 0 Å². The molecule has 2 aromatic rings. The Kier molecular flexibility index (Phi) is 4.88. The summed E-state index contributed by atoms with van der Waals surface area (Å²) in [7, 11) is 0. The zero-order valence-electron chi connectivity index (χ0n) is 12.9. The Morgan fingerprint density at radius 2 is 1.86 bits per heavy atom. The highest BCUT2D eigenvalue weighted by Crippen LogP contribution is 2.14. The first-order valence-electron chi connectivity index (χ1n) is 7.10. The predicted octanol–water partition coefficient (Wildman–Crippen LogP) is 3.24. The molecule has 0 aliphatic heterocycles. The van der Waals surface area contributed by atoms with Crippen molar-refractivity contribution in [2.75, 3.05) is 10.6 Å². The number of hydrogen-bond acceptors (Lipinski definition) is 3. The number of pyridine rings is 1. The summed E-state index contributed by atoms with van der Waals surface area (Å²) in [5, 5.41) is 5.51. The van der Waals surface area contributed by atoms with Crippen molar-refractivity contribution in [3.8, 4) is 0 Å². The summed E-state index contributed by atoms with van der Waals surface area (Å²) >= 11 is 0. The first kappa shape index (κ1) is 15.7. The zero-order valence-corrected chi connectivity index (χ0v) is 12.9. The lowest BCUT2D eigenvalue weighted by molar-refractivity contribution is -0.118. The molecule has 0 saturated carbocycles. The summed E-state index contributed by atoms with van der Waals surface area (Å²) in [6.07, 6.45) is 1.64. The number of carbonyl (C=O) groups is 2. The maximum Gasteiger partial charge on any atom is 0.256 e. The van der Waals surface area contributed by atoms with Gasteiger partial charge >= 0.3 is 0 Å². The molecule has 0 radical (unpaired) electrons. The predicted molar refractivity (Wildman–Crippen MR) is 86.8 cm³/mol. The third-order valence-electron chi connectivity index (χ3n) is 3.07. The molecule has 0 atom stereocenters. The third kappa shape index (κ3) is 4.15. The van der Waals surface area contributed by atoms with Crippen LogP contribution in [0.4, 0.5) is 11.5 Å². The van der Waals surface area contributed by atoms with Crippen molar-refractivity contribution in [3.63, 3.8) is 0 Å². The molecule has 0 bridgehead atoms. The highest BCUT2D eigenvalue weighted by Gasteiger charge is 2.10. The lowest BCUT2D eigenvalue weighted by atomic mass is 10.1. The van der Waals surface area contributed by atoms with Crippen LogP contribution >= 0.6 is 0 Å². The van der Waals surface area contributed by atoms with E-state index in [1.54, 1.807) is 36.5 Å². The van der Waals surface area contributed by atoms with E-state index in [1.165, 1.54) is 0 Å². The number of amides is 2. The Labute approximate surface area is 129 Å². The Morgan fingerprint density at radius 3 is 2.55 bits per heavy atom. The number of aromatic nitrogens is 1. The summed E-state index contributed by atoms with van der Waals surface area (Å²) in [5.74, 6) is 0.0345. The van der Waals surface area contributed by atoms with Crippen LogP contribution in [0.1, 0.15) is 29.8 Å². The van der Waals surface area contributed by atoms with Gasteiger partial charge in [0.15, 0.2) is 0 Å². The van der Waals surface area contributed by atoms with Crippen LogP contribution in [0.3, 0.4) is 0 Å². The number of hydrogen-bond donors (Lipinski definition) is 2. The number of carbonyl (C=O) groups excluding carboxylic acids is 2. The lowest BCUT2D eigenvalue weighted by Crippen LogP contribution is -2.18. The molecule has 1 heterocycles. The van der Waals surface area contributed by atoms with E-state index in [9.17, 15) is 9.59 Å². The number of nitrogens with zero attached hydrogens (tertiary/aromatic N) is 1. The smallest absolute Gasteiger partial charge is 0.256 e. The molecule has 0 spiro atoms. The molecule has 1 aromatic carbocycles. The minimum Gasteiger partial charge on any atom is -0.326 e. The van der Waals surface area contributed by atoms with Crippen molar-refractivity contribution in [1.82, 2.24) is 4.98 Å². The fourth-order valence-corrected chi connectivity index (χ4v) is 1.82. The average molecular weight is 297 g/mol. The van der Waals surface area contributed by atoms with Crippen LogP contribution < -0.4 is 10.6 Å². The van der Waals surface area contributed by atoms with Crippen molar-refractivity contribution in [2.45, 2.75) is 20.8 Å². The van der Waals surface area contributed by atoms with E-state index in [0.29, 0.717) is 17.1 Å². The normalized spacial score (nSPS) is 10.4. The highest BCUT2D eigenvalue weighted by atomic mass is 16.2. The van der Waals surface area contributed by atoms with Crippen molar-refractivity contribution in [3.05, 3.63) is 53.7 Å². The van der Waals surface area contributed by atoms with Gasteiger partial charge in [0.1, 0.15) is 5.82 Å². The highest BCUT2D eigenvalue weighted by molar-refractivity contribution is 6.05. The molecule has 0 fully saturated rings.